The van der Waals surface area contributed by atoms with Crippen LogP contribution in [0.3, 0.4) is 0 Å². The van der Waals surface area contributed by atoms with Crippen LogP contribution in [0.1, 0.15) is 128 Å². The molecule has 73 heavy (non-hydrogen) atoms. The fourth-order valence-electron chi connectivity index (χ4n) is 10.3. The summed E-state index contributed by atoms with van der Waals surface area (Å²) in [6.45, 7) is 27.4. The molecule has 3 aromatic heterocycles. The summed E-state index contributed by atoms with van der Waals surface area (Å²) in [6.07, 6.45) is 7.99. The third-order valence-electron chi connectivity index (χ3n) is 15.0. The Morgan fingerprint density at radius 1 is 0.493 bits per heavy atom. The molecule has 0 aliphatic rings. The summed E-state index contributed by atoms with van der Waals surface area (Å²) < 4.78 is 13.5. The summed E-state index contributed by atoms with van der Waals surface area (Å²) in [5.41, 5.74) is 12.2. The summed E-state index contributed by atoms with van der Waals surface area (Å²) in [4.78, 5) is 4.96. The van der Waals surface area contributed by atoms with E-state index in [0.29, 0.717) is 11.5 Å². The van der Waals surface area contributed by atoms with E-state index in [2.05, 4.69) is 279 Å². The molecule has 3 heterocycles. The van der Waals surface area contributed by atoms with E-state index in [-0.39, 0.29) is 42.7 Å². The zero-order chi connectivity index (χ0) is 50.8. The maximum absolute atomic E-state index is 6.92. The van der Waals surface area contributed by atoms with Gasteiger partial charge in [-0.25, -0.2) is 4.98 Å². The molecule has 0 radical (unpaired) electrons. The van der Waals surface area contributed by atoms with Crippen LogP contribution in [-0.2, 0) is 48.1 Å². The molecule has 0 unspecified atom stereocenters. The first-order valence-electron chi connectivity index (χ1n) is 25.3. The molecule has 10 aromatic rings. The van der Waals surface area contributed by atoms with Crippen LogP contribution < -0.4 is 9.30 Å². The van der Waals surface area contributed by atoms with E-state index in [1.807, 2.05) is 18.3 Å². The number of hydrogen-bond acceptors (Lipinski definition) is 2. The molecule has 5 nitrogen and oxygen atoms in total. The van der Waals surface area contributed by atoms with Gasteiger partial charge in [-0.2, -0.15) is 12.1 Å². The zero-order valence-electron chi connectivity index (χ0n) is 44.3. The second-order valence-corrected chi connectivity index (χ2v) is 23.1. The van der Waals surface area contributed by atoms with Gasteiger partial charge in [0.2, 0.25) is 0 Å². The first-order valence-corrected chi connectivity index (χ1v) is 25.3. The average Bonchev–Trinajstić information content (AvgIpc) is 3.98. The quantitative estimate of drug-likeness (QED) is 0.0956. The minimum absolute atomic E-state index is 0. The van der Waals surface area contributed by atoms with Crippen molar-refractivity contribution in [1.29, 1.82) is 0 Å². The van der Waals surface area contributed by atoms with Gasteiger partial charge in [0, 0.05) is 66.7 Å². The van der Waals surface area contributed by atoms with Gasteiger partial charge in [0.05, 0.1) is 11.4 Å². The van der Waals surface area contributed by atoms with E-state index >= 15 is 0 Å². The summed E-state index contributed by atoms with van der Waals surface area (Å²) in [5, 5.41) is 2.31. The Balaban J connectivity index is 0.00000656. The van der Waals surface area contributed by atoms with E-state index in [0.717, 1.165) is 44.7 Å². The Bertz CT molecular complexity index is 3520. The number of benzene rings is 7. The van der Waals surface area contributed by atoms with Gasteiger partial charge in [0.25, 0.3) is 6.33 Å². The van der Waals surface area contributed by atoms with Crippen LogP contribution in [-0.4, -0.2) is 14.1 Å². The van der Waals surface area contributed by atoms with Gasteiger partial charge < -0.3 is 13.9 Å². The number of aromatic nitrogens is 4. The van der Waals surface area contributed by atoms with Crippen molar-refractivity contribution in [2.24, 2.45) is 0 Å². The van der Waals surface area contributed by atoms with Crippen molar-refractivity contribution in [2.45, 2.75) is 110 Å². The number of nitrogens with zero attached hydrogens (tertiary/aromatic N) is 4. The molecule has 0 fully saturated rings. The fourth-order valence-corrected chi connectivity index (χ4v) is 10.3. The van der Waals surface area contributed by atoms with Gasteiger partial charge in [-0.15, -0.1) is 29.8 Å². The number of para-hydroxylation sites is 1. The molecule has 7 aromatic carbocycles. The summed E-state index contributed by atoms with van der Waals surface area (Å²) >= 11 is 0. The van der Waals surface area contributed by atoms with E-state index in [9.17, 15) is 0 Å². The van der Waals surface area contributed by atoms with Crippen LogP contribution in [0.5, 0.6) is 11.5 Å². The maximum Gasteiger partial charge on any atom is 0.267 e. The van der Waals surface area contributed by atoms with Crippen molar-refractivity contribution in [3.05, 3.63) is 245 Å². The molecule has 0 saturated heterocycles. The monoisotopic (exact) mass is 1140 g/mol. The summed E-state index contributed by atoms with van der Waals surface area (Å²) in [7, 11) is 0. The van der Waals surface area contributed by atoms with E-state index in [1.165, 1.54) is 38.9 Å². The molecule has 0 spiro atoms. The van der Waals surface area contributed by atoms with Gasteiger partial charge in [-0.1, -0.05) is 209 Å². The van der Waals surface area contributed by atoms with Crippen LogP contribution in [0.2, 0.25) is 0 Å². The fraction of sp³-hybridized carbons (Fsp3) is 0.254. The minimum Gasteiger partial charge on any atom is -0.510 e. The Morgan fingerprint density at radius 2 is 1.05 bits per heavy atom. The van der Waals surface area contributed by atoms with Crippen molar-refractivity contribution < 1.29 is 30.4 Å². The van der Waals surface area contributed by atoms with Gasteiger partial charge in [0.15, 0.2) is 0 Å². The molecule has 372 valence electrons. The van der Waals surface area contributed by atoms with Crippen LogP contribution in [0.4, 0.5) is 0 Å². The smallest absolute Gasteiger partial charge is 0.267 e. The number of hydrogen-bond donors (Lipinski definition) is 0. The normalized spacial score (nSPS) is 12.5. The van der Waals surface area contributed by atoms with E-state index < -0.39 is 5.41 Å². The van der Waals surface area contributed by atoms with Crippen molar-refractivity contribution in [2.75, 3.05) is 0 Å². The number of imidazole rings is 1. The van der Waals surface area contributed by atoms with Crippen molar-refractivity contribution >= 4 is 21.8 Å². The molecule has 0 saturated carbocycles. The SMILES string of the molecule is CC(C)(C)c1ccnc(-n2c3[c-]c(Oc4[c-]c(-n5[c-][n+](-c6cc(C(C)(C)c7ccccc7)cc(C(C)(C)c7ccccc7)c6)c(C(C)(C)c6ccccc6)c5)ccc4)cc(C(C)(C)C)c3c3ccccc32)c1.[Pt]. The number of fused-ring (bicyclic) bond motifs is 3. The van der Waals surface area contributed by atoms with Crippen LogP contribution in [0.15, 0.2) is 182 Å². The van der Waals surface area contributed by atoms with Crippen molar-refractivity contribution in [3.63, 3.8) is 0 Å². The molecule has 0 amide bonds. The number of ether oxygens (including phenoxy) is 1. The molecule has 0 N–H and O–H groups in total. The molecular formula is C67H66N4OPt-2. The second kappa shape index (κ2) is 19.2. The first kappa shape index (κ1) is 51.1. The van der Waals surface area contributed by atoms with Gasteiger partial charge in [-0.05, 0) is 85.6 Å². The number of rotatable bonds is 11. The van der Waals surface area contributed by atoms with Crippen LogP contribution in [0, 0.1) is 18.5 Å². The average molecular weight is 1140 g/mol. The van der Waals surface area contributed by atoms with Crippen LogP contribution >= 0.6 is 0 Å². The van der Waals surface area contributed by atoms with Gasteiger partial charge in [0.1, 0.15) is 5.82 Å². The third-order valence-corrected chi connectivity index (χ3v) is 15.0. The van der Waals surface area contributed by atoms with Crippen molar-refractivity contribution in [1.82, 2.24) is 14.1 Å². The molecule has 0 aliphatic carbocycles. The second-order valence-electron chi connectivity index (χ2n) is 23.1. The Hall–Kier alpha value is -6.81. The molecule has 0 aliphatic heterocycles. The predicted octanol–water partition coefficient (Wildman–Crippen LogP) is 16.0. The summed E-state index contributed by atoms with van der Waals surface area (Å²) in [6, 6.07) is 68.2. The Morgan fingerprint density at radius 3 is 1.63 bits per heavy atom. The van der Waals surface area contributed by atoms with Gasteiger partial charge >= 0.3 is 0 Å². The predicted molar refractivity (Wildman–Crippen MR) is 296 cm³/mol. The van der Waals surface area contributed by atoms with Gasteiger partial charge in [-0.3, -0.25) is 4.57 Å². The molecule has 10 rings (SSSR count). The maximum atomic E-state index is 6.92. The largest absolute Gasteiger partial charge is 0.510 e. The Labute approximate surface area is 447 Å². The molecule has 6 heteroatoms. The topological polar surface area (TPSA) is 35.9 Å². The van der Waals surface area contributed by atoms with E-state index in [4.69, 9.17) is 9.72 Å². The Kier molecular flexibility index (Phi) is 13.5. The molecule has 0 atom stereocenters. The zero-order valence-corrected chi connectivity index (χ0v) is 46.6. The first-order chi connectivity index (χ1) is 34.2. The summed E-state index contributed by atoms with van der Waals surface area (Å²) in [5.74, 6) is 2.04. The van der Waals surface area contributed by atoms with Crippen molar-refractivity contribution in [3.8, 4) is 28.7 Å². The minimum atomic E-state index is -0.426. The molecule has 0 bridgehead atoms. The number of pyridine rings is 1. The standard InChI is InChI=1S/C67H66N4O.Pt/c1-63(2,3)49-35-36-68-61(40-49)71-58-34-23-22-33-56(58)62-57(64(4,5)6)42-55(43-59(62)71)72-54-32-24-31-52(41-54)69-44-60(67(11,12)48-29-20-15-21-30-48)70(45-69)53-38-50(65(7,8)46-25-16-13-17-26-46)37-51(39-53)66(9,10)47-27-18-14-19-28-47;/h13-40,42,44H,1-12H3;/q-2;. The molecular weight excluding hydrogens is 1070 g/mol. The van der Waals surface area contributed by atoms with Crippen LogP contribution in [0.25, 0.3) is 39.0 Å². The van der Waals surface area contributed by atoms with E-state index in [1.54, 1.807) is 0 Å². The third kappa shape index (κ3) is 9.66.